The first-order chi connectivity index (χ1) is 20.3. The maximum absolute atomic E-state index is 13.9. The van der Waals surface area contributed by atoms with Crippen molar-refractivity contribution in [1.29, 1.82) is 0 Å². The third kappa shape index (κ3) is 3.65. The van der Waals surface area contributed by atoms with Crippen LogP contribution >= 0.6 is 0 Å². The number of fused-ring (bicyclic) bond motifs is 4. The molecule has 5 saturated carbocycles. The van der Waals surface area contributed by atoms with Gasteiger partial charge in [-0.15, -0.1) is 0 Å². The van der Waals surface area contributed by atoms with Crippen LogP contribution in [0.5, 0.6) is 0 Å². The van der Waals surface area contributed by atoms with Crippen molar-refractivity contribution < 1.29 is 39.4 Å². The van der Waals surface area contributed by atoms with Gasteiger partial charge in [-0.25, -0.2) is 0 Å². The summed E-state index contributed by atoms with van der Waals surface area (Å²) in [5, 5.41) is 43.8. The average molecular weight is 619 g/mol. The molecule has 8 heteroatoms. The second-order valence-electron chi connectivity index (χ2n) is 18.6. The molecule has 0 radical (unpaired) electrons. The molecule has 0 aromatic heterocycles. The summed E-state index contributed by atoms with van der Waals surface area (Å²) < 4.78 is 19.1. The van der Waals surface area contributed by atoms with E-state index in [9.17, 15) is 25.2 Å². The second kappa shape index (κ2) is 9.43. The smallest absolute Gasteiger partial charge is 0.313 e. The van der Waals surface area contributed by atoms with Crippen LogP contribution in [-0.2, 0) is 19.0 Å². The van der Waals surface area contributed by atoms with Gasteiger partial charge < -0.3 is 34.6 Å². The summed E-state index contributed by atoms with van der Waals surface area (Å²) in [6, 6.07) is 0. The number of hydrogen-bond donors (Lipinski definition) is 4. The van der Waals surface area contributed by atoms with Crippen LogP contribution in [0.4, 0.5) is 0 Å². The molecule has 5 aliphatic carbocycles. The van der Waals surface area contributed by atoms with E-state index in [0.29, 0.717) is 12.3 Å². The van der Waals surface area contributed by atoms with Crippen molar-refractivity contribution in [2.45, 2.75) is 168 Å². The lowest BCUT2D eigenvalue weighted by Crippen LogP contribution is -2.76. The van der Waals surface area contributed by atoms with Crippen molar-refractivity contribution >= 4 is 5.97 Å². The Kier molecular flexibility index (Phi) is 6.82. The van der Waals surface area contributed by atoms with Gasteiger partial charge in [0, 0.05) is 11.3 Å². The van der Waals surface area contributed by atoms with Crippen LogP contribution in [0.1, 0.15) is 120 Å². The summed E-state index contributed by atoms with van der Waals surface area (Å²) in [6.45, 7) is 18.2. The minimum absolute atomic E-state index is 0.0411. The normalized spacial score (nSPS) is 59.0. The van der Waals surface area contributed by atoms with E-state index in [4.69, 9.17) is 14.2 Å². The number of aliphatic hydroxyl groups is 4. The zero-order valence-electron chi connectivity index (χ0n) is 28.3. The highest BCUT2D eigenvalue weighted by Crippen LogP contribution is 2.80. The van der Waals surface area contributed by atoms with Gasteiger partial charge in [0.1, 0.15) is 23.9 Å². The van der Waals surface area contributed by atoms with E-state index in [2.05, 4.69) is 48.5 Å². The van der Waals surface area contributed by atoms with E-state index in [1.165, 1.54) is 0 Å². The molecule has 0 amide bonds. The summed E-state index contributed by atoms with van der Waals surface area (Å²) in [5.74, 6) is 0.590. The lowest BCUT2D eigenvalue weighted by atomic mass is 9.30. The number of hydrogen-bond acceptors (Lipinski definition) is 8. The number of aliphatic hydroxyl groups excluding tert-OH is 4. The molecule has 7 rings (SSSR count). The van der Waals surface area contributed by atoms with Crippen molar-refractivity contribution in [2.75, 3.05) is 0 Å². The monoisotopic (exact) mass is 618 g/mol. The van der Waals surface area contributed by atoms with Crippen molar-refractivity contribution in [2.24, 2.45) is 50.2 Å². The largest absolute Gasteiger partial charge is 0.455 e. The summed E-state index contributed by atoms with van der Waals surface area (Å²) in [7, 11) is 0. The fraction of sp³-hybridized carbons (Fsp3) is 0.972. The third-order valence-corrected chi connectivity index (χ3v) is 16.1. The van der Waals surface area contributed by atoms with E-state index >= 15 is 0 Å². The van der Waals surface area contributed by atoms with Crippen LogP contribution < -0.4 is 0 Å². The predicted octanol–water partition coefficient (Wildman–Crippen LogP) is 4.73. The molecule has 7 aliphatic rings. The molecule has 0 unspecified atom stereocenters. The highest BCUT2D eigenvalue weighted by atomic mass is 16.7. The molecule has 0 aromatic rings. The fourth-order valence-corrected chi connectivity index (χ4v) is 13.3. The SMILES string of the molecule is C[C@@H]1O[C@H](O[C@H]2CC[C@]3(C)[C@H]4C[C@H](O)[C@]56OC(=O)[C@@]7(CCC(C)(C)C[C@H]75)CC[C@@]6(C)[C@]4(C)CC[C@H]3C2(C)C)[C@@H](O)[C@H](O)[C@@H]1O. The van der Waals surface area contributed by atoms with Crippen LogP contribution in [0.25, 0.3) is 0 Å². The van der Waals surface area contributed by atoms with Crippen LogP contribution in [0, 0.1) is 50.2 Å². The van der Waals surface area contributed by atoms with Crippen LogP contribution in [0.15, 0.2) is 0 Å². The first kappa shape index (κ1) is 31.8. The molecule has 4 N–H and O–H groups in total. The summed E-state index contributed by atoms with van der Waals surface area (Å²) in [4.78, 5) is 13.9. The van der Waals surface area contributed by atoms with E-state index in [1.54, 1.807) is 6.92 Å². The molecule has 2 aliphatic heterocycles. The highest BCUT2D eigenvalue weighted by molar-refractivity contribution is 5.82. The summed E-state index contributed by atoms with van der Waals surface area (Å²) >= 11 is 0. The minimum Gasteiger partial charge on any atom is -0.455 e. The molecular weight excluding hydrogens is 560 g/mol. The van der Waals surface area contributed by atoms with Gasteiger partial charge in [0.2, 0.25) is 0 Å². The van der Waals surface area contributed by atoms with Gasteiger partial charge in [0.05, 0.1) is 23.7 Å². The molecule has 15 atom stereocenters. The van der Waals surface area contributed by atoms with Crippen LogP contribution in [0.3, 0.4) is 0 Å². The quantitative estimate of drug-likeness (QED) is 0.259. The number of ether oxygens (including phenoxy) is 3. The van der Waals surface area contributed by atoms with Crippen molar-refractivity contribution in [1.82, 2.24) is 0 Å². The lowest BCUT2D eigenvalue weighted by Gasteiger charge is -2.74. The maximum Gasteiger partial charge on any atom is 0.313 e. The van der Waals surface area contributed by atoms with Gasteiger partial charge in [-0.2, -0.15) is 0 Å². The molecule has 250 valence electrons. The Hall–Kier alpha value is -0.770. The molecule has 7 fully saturated rings. The van der Waals surface area contributed by atoms with Gasteiger partial charge in [0.15, 0.2) is 6.29 Å². The molecule has 2 heterocycles. The van der Waals surface area contributed by atoms with Gasteiger partial charge in [-0.1, -0.05) is 48.5 Å². The zero-order valence-corrected chi connectivity index (χ0v) is 28.3. The van der Waals surface area contributed by atoms with Gasteiger partial charge in [0.25, 0.3) is 0 Å². The van der Waals surface area contributed by atoms with Gasteiger partial charge in [-0.05, 0) is 105 Å². The summed E-state index contributed by atoms with van der Waals surface area (Å²) in [6.07, 6.45) is 2.66. The number of rotatable bonds is 2. The van der Waals surface area contributed by atoms with E-state index in [1.807, 2.05) is 0 Å². The van der Waals surface area contributed by atoms with Gasteiger partial charge >= 0.3 is 5.97 Å². The Morgan fingerprint density at radius 2 is 1.45 bits per heavy atom. The maximum atomic E-state index is 13.9. The molecular formula is C36H58O8. The first-order valence-corrected chi connectivity index (χ1v) is 17.6. The van der Waals surface area contributed by atoms with Crippen molar-refractivity contribution in [3.8, 4) is 0 Å². The van der Waals surface area contributed by atoms with Crippen molar-refractivity contribution in [3.05, 3.63) is 0 Å². The Bertz CT molecular complexity index is 1200. The average Bonchev–Trinajstić information content (AvgIpc) is 3.13. The zero-order chi connectivity index (χ0) is 32.0. The van der Waals surface area contributed by atoms with Crippen LogP contribution in [-0.4, -0.2) is 74.9 Å². The van der Waals surface area contributed by atoms with Crippen molar-refractivity contribution in [3.63, 3.8) is 0 Å². The Balaban J connectivity index is 1.21. The molecule has 44 heavy (non-hydrogen) atoms. The number of carbonyl (C=O) groups excluding carboxylic acids is 1. The molecule has 0 aromatic carbocycles. The molecule has 2 bridgehead atoms. The standard InChI is InChI=1S/C36H58O8/c1-19-25(38)26(39)27(40)28(42-19)43-24-10-11-32(6)20(31(24,4)5)9-12-33(7)21(32)17-23(37)36-22-18-30(2,3)13-15-35(22,29(41)44-36)16-14-34(33,36)8/h19-28,37-40H,9-18H2,1-8H3/t19-,20-,21+,22+,23-,24-,25+,26+,27-,28+,32-,33+,34-,35-,36+/m0/s1. The highest BCUT2D eigenvalue weighted by Gasteiger charge is 2.83. The Morgan fingerprint density at radius 3 is 2.16 bits per heavy atom. The Morgan fingerprint density at radius 1 is 0.773 bits per heavy atom. The fourth-order valence-electron chi connectivity index (χ4n) is 13.3. The molecule has 8 nitrogen and oxygen atoms in total. The second-order valence-corrected chi connectivity index (χ2v) is 18.6. The Labute approximate surface area is 263 Å². The molecule has 1 spiro atoms. The first-order valence-electron chi connectivity index (χ1n) is 17.6. The third-order valence-electron chi connectivity index (χ3n) is 16.1. The van der Waals surface area contributed by atoms with E-state index < -0.39 is 47.8 Å². The van der Waals surface area contributed by atoms with Gasteiger partial charge in [-0.3, -0.25) is 4.79 Å². The summed E-state index contributed by atoms with van der Waals surface area (Å²) in [5.41, 5.74) is -1.88. The number of carbonyl (C=O) groups is 1. The number of esters is 1. The predicted molar refractivity (Wildman–Crippen MR) is 163 cm³/mol. The topological polar surface area (TPSA) is 126 Å². The minimum atomic E-state index is -1.32. The molecule has 2 saturated heterocycles. The lowest BCUT2D eigenvalue weighted by molar-refractivity contribution is -0.337. The van der Waals surface area contributed by atoms with E-state index in [0.717, 1.165) is 57.8 Å². The van der Waals surface area contributed by atoms with Crippen LogP contribution in [0.2, 0.25) is 0 Å². The van der Waals surface area contributed by atoms with E-state index in [-0.39, 0.29) is 51.0 Å².